The molecule has 0 bridgehead atoms. The number of amides is 1. The summed E-state index contributed by atoms with van der Waals surface area (Å²) in [6.07, 6.45) is 0.958. The van der Waals surface area contributed by atoms with E-state index in [0.29, 0.717) is 0 Å². The minimum Gasteiger partial charge on any atom is -0.444 e. The van der Waals surface area contributed by atoms with Gasteiger partial charge >= 0.3 is 6.09 Å². The van der Waals surface area contributed by atoms with Gasteiger partial charge in [-0.15, -0.1) is 0 Å². The van der Waals surface area contributed by atoms with Crippen molar-refractivity contribution in [1.82, 2.24) is 4.90 Å². The van der Waals surface area contributed by atoms with Gasteiger partial charge in [0.05, 0.1) is 0 Å². The number of carbonyl (C=O) groups is 1. The Kier molecular flexibility index (Phi) is 3.14. The van der Waals surface area contributed by atoms with Gasteiger partial charge in [0.15, 0.2) is 0 Å². The number of methoxy groups -OCH3 is 1. The van der Waals surface area contributed by atoms with Crippen LogP contribution in [-0.2, 0) is 9.47 Å². The zero-order valence-corrected chi connectivity index (χ0v) is 9.95. The van der Waals surface area contributed by atoms with Crippen LogP contribution in [0.2, 0.25) is 0 Å². The molecule has 1 aliphatic rings. The van der Waals surface area contributed by atoms with E-state index in [1.807, 2.05) is 20.8 Å². The summed E-state index contributed by atoms with van der Waals surface area (Å²) >= 11 is 0. The number of ether oxygens (including phenoxy) is 2. The Balaban J connectivity index is 2.70. The van der Waals surface area contributed by atoms with Crippen molar-refractivity contribution in [2.45, 2.75) is 58.4 Å². The molecule has 1 heterocycles. The van der Waals surface area contributed by atoms with Crippen molar-refractivity contribution in [2.75, 3.05) is 7.11 Å². The average molecular weight is 217 g/mol. The quantitative estimate of drug-likeness (QED) is 0.677. The van der Waals surface area contributed by atoms with Gasteiger partial charge in [-0.2, -0.15) is 0 Å². The third kappa shape index (κ3) is 3.09. The van der Waals surface area contributed by atoms with Crippen LogP contribution in [0.5, 0.6) is 0 Å². The third-order valence-corrected chi connectivity index (χ3v) is 2.33. The molecule has 0 aromatic heterocycles. The van der Waals surface area contributed by atoms with Crippen molar-refractivity contribution in [1.29, 1.82) is 0 Å². The third-order valence-electron chi connectivity index (χ3n) is 2.33. The molecule has 0 aromatic rings. The Morgan fingerprint density at radius 1 is 1.47 bits per heavy atom. The van der Waals surface area contributed by atoms with Gasteiger partial charge in [0.25, 0.3) is 0 Å². The fraction of sp³-hybridized carbons (Fsp3) is 0.909. The Bertz CT molecular complexity index is 240. The summed E-state index contributed by atoms with van der Waals surface area (Å²) in [7, 11) is 1.58. The summed E-state index contributed by atoms with van der Waals surface area (Å²) in [6, 6.07) is -0.0835. The molecular weight excluding hydrogens is 194 g/mol. The van der Waals surface area contributed by atoms with E-state index in [2.05, 4.69) is 0 Å². The monoisotopic (exact) mass is 217 g/mol. The van der Waals surface area contributed by atoms with E-state index < -0.39 is 5.60 Å². The molecule has 88 valence electrons. The Labute approximate surface area is 92.9 Å². The SMILES string of the molecule is [3H]C[C@@H]1CCC(OC)N1C(=O)OC(C)(C)C. The van der Waals surface area contributed by atoms with Gasteiger partial charge in [-0.1, -0.05) is 0 Å². The molecule has 15 heavy (non-hydrogen) atoms. The Hall–Kier alpha value is -0.770. The molecule has 0 aromatic carbocycles. The van der Waals surface area contributed by atoms with Crippen LogP contribution in [0.1, 0.15) is 41.9 Å². The fourth-order valence-electron chi connectivity index (χ4n) is 1.66. The van der Waals surface area contributed by atoms with Gasteiger partial charge in [-0.25, -0.2) is 4.79 Å². The van der Waals surface area contributed by atoms with Crippen LogP contribution in [0, 0.1) is 0 Å². The maximum Gasteiger partial charge on any atom is 0.412 e. The molecule has 1 fully saturated rings. The van der Waals surface area contributed by atoms with Crippen LogP contribution < -0.4 is 0 Å². The van der Waals surface area contributed by atoms with E-state index in [1.54, 1.807) is 12.0 Å². The van der Waals surface area contributed by atoms with E-state index in [4.69, 9.17) is 10.8 Å². The number of likely N-dealkylation sites (tertiary alicyclic amines) is 1. The zero-order valence-electron chi connectivity index (χ0n) is 10.9. The molecule has 1 aliphatic heterocycles. The smallest absolute Gasteiger partial charge is 0.412 e. The predicted octanol–water partition coefficient (Wildman–Crippen LogP) is 2.38. The van der Waals surface area contributed by atoms with Gasteiger partial charge in [0, 0.05) is 14.5 Å². The summed E-state index contributed by atoms with van der Waals surface area (Å²) in [5.74, 6) is 0. The van der Waals surface area contributed by atoms with Crippen molar-refractivity contribution >= 4 is 6.09 Å². The maximum absolute atomic E-state index is 11.9. The normalized spacial score (nSPS) is 27.7. The molecule has 1 amide bonds. The highest BCUT2D eigenvalue weighted by atomic mass is 16.6. The fourth-order valence-corrected chi connectivity index (χ4v) is 1.66. The molecular formula is C11H21NO3. The van der Waals surface area contributed by atoms with Gasteiger partial charge in [0.1, 0.15) is 11.8 Å². The molecule has 0 spiro atoms. The second kappa shape index (κ2) is 4.39. The second-order valence-corrected chi connectivity index (χ2v) is 4.81. The minimum absolute atomic E-state index is 0.0835. The van der Waals surface area contributed by atoms with Crippen molar-refractivity contribution in [3.63, 3.8) is 0 Å². The van der Waals surface area contributed by atoms with Crippen molar-refractivity contribution in [3.8, 4) is 0 Å². The first-order chi connectivity index (χ1) is 7.39. The lowest BCUT2D eigenvalue weighted by Crippen LogP contribution is -2.43. The number of hydrogen-bond acceptors (Lipinski definition) is 3. The lowest BCUT2D eigenvalue weighted by Gasteiger charge is -2.30. The van der Waals surface area contributed by atoms with Crippen LogP contribution >= 0.6 is 0 Å². The minimum atomic E-state index is -0.509. The van der Waals surface area contributed by atoms with Crippen LogP contribution in [0.4, 0.5) is 4.79 Å². The summed E-state index contributed by atoms with van der Waals surface area (Å²) in [5.41, 5.74) is -0.509. The molecule has 0 N–H and O–H groups in total. The topological polar surface area (TPSA) is 38.8 Å². The van der Waals surface area contributed by atoms with Crippen molar-refractivity contribution in [3.05, 3.63) is 0 Å². The Morgan fingerprint density at radius 3 is 2.60 bits per heavy atom. The number of hydrogen-bond donors (Lipinski definition) is 0. The standard InChI is InChI=1S/C11H21NO3/c1-8-6-7-9(14-5)12(8)10(13)15-11(2,3)4/h8-9H,6-7H2,1-5H3/t8-,9?/m1/s1/i1T. The highest BCUT2D eigenvalue weighted by molar-refractivity contribution is 5.69. The predicted molar refractivity (Wildman–Crippen MR) is 57.6 cm³/mol. The van der Waals surface area contributed by atoms with Gasteiger partial charge in [-0.05, 0) is 40.5 Å². The van der Waals surface area contributed by atoms with E-state index in [-0.39, 0.29) is 25.3 Å². The summed E-state index contributed by atoms with van der Waals surface area (Å²) < 4.78 is 18.0. The molecule has 1 saturated heterocycles. The van der Waals surface area contributed by atoms with Crippen LogP contribution in [0.15, 0.2) is 0 Å². The lowest BCUT2D eigenvalue weighted by molar-refractivity contribution is -0.0397. The van der Waals surface area contributed by atoms with E-state index in [9.17, 15) is 4.79 Å². The molecule has 2 atom stereocenters. The zero-order chi connectivity index (χ0) is 12.3. The number of carbonyl (C=O) groups excluding carboxylic acids is 1. The largest absolute Gasteiger partial charge is 0.444 e. The van der Waals surface area contributed by atoms with Gasteiger partial charge in [0.2, 0.25) is 0 Å². The molecule has 4 heteroatoms. The molecule has 0 aliphatic carbocycles. The van der Waals surface area contributed by atoms with Gasteiger partial charge < -0.3 is 9.47 Å². The molecule has 4 nitrogen and oxygen atoms in total. The molecule has 0 saturated carbocycles. The first-order valence-electron chi connectivity index (χ1n) is 5.93. The van der Waals surface area contributed by atoms with Crippen molar-refractivity contribution in [2.24, 2.45) is 0 Å². The van der Waals surface area contributed by atoms with Gasteiger partial charge in [-0.3, -0.25) is 4.90 Å². The van der Waals surface area contributed by atoms with Crippen molar-refractivity contribution < 1.29 is 15.6 Å². The molecule has 1 rings (SSSR count). The lowest BCUT2D eigenvalue weighted by atomic mass is 10.2. The number of rotatable bonds is 1. The molecule has 0 radical (unpaired) electrons. The maximum atomic E-state index is 11.9. The van der Waals surface area contributed by atoms with E-state index >= 15 is 0 Å². The average Bonchev–Trinajstić information content (AvgIpc) is 2.57. The summed E-state index contributed by atoms with van der Waals surface area (Å²) in [5, 5.41) is 0. The highest BCUT2D eigenvalue weighted by Gasteiger charge is 2.36. The van der Waals surface area contributed by atoms with Crippen LogP contribution in [0.25, 0.3) is 0 Å². The summed E-state index contributed by atoms with van der Waals surface area (Å²) in [6.45, 7) is 5.69. The van der Waals surface area contributed by atoms with Crippen LogP contribution in [0.3, 0.4) is 0 Å². The van der Waals surface area contributed by atoms with E-state index in [0.717, 1.165) is 12.8 Å². The first-order valence-corrected chi connectivity index (χ1v) is 5.22. The number of nitrogens with zero attached hydrogens (tertiary/aromatic N) is 1. The first kappa shape index (κ1) is 10.7. The second-order valence-electron chi connectivity index (χ2n) is 4.81. The van der Waals surface area contributed by atoms with E-state index in [1.165, 1.54) is 0 Å². The van der Waals surface area contributed by atoms with Crippen LogP contribution in [-0.4, -0.2) is 36.0 Å². The summed E-state index contributed by atoms with van der Waals surface area (Å²) in [4.78, 5) is 13.5. The molecule has 1 unspecified atom stereocenters. The highest BCUT2D eigenvalue weighted by Crippen LogP contribution is 2.26. The Morgan fingerprint density at radius 2 is 2.13 bits per heavy atom.